The normalized spacial score (nSPS) is 12.0. The number of hydrogen-bond donors (Lipinski definition) is 0. The minimum Gasteiger partial charge on any atom is -0.206 e. The van der Waals surface area contributed by atoms with Gasteiger partial charge in [0.25, 0.3) is 9.05 Å². The summed E-state index contributed by atoms with van der Waals surface area (Å²) in [7, 11) is 6.40. The zero-order valence-electron chi connectivity index (χ0n) is 8.68. The molecule has 1 heterocycles. The summed E-state index contributed by atoms with van der Waals surface area (Å²) in [5.74, 6) is 0. The highest BCUT2D eigenvalue weighted by Crippen LogP contribution is 2.32. The van der Waals surface area contributed by atoms with Gasteiger partial charge in [0.05, 0.1) is 0 Å². The fourth-order valence-electron chi connectivity index (χ4n) is 1.11. The summed E-state index contributed by atoms with van der Waals surface area (Å²) in [6.07, 6.45) is 0. The third-order valence-corrected chi connectivity index (χ3v) is 5.12. The first-order valence-electron chi connectivity index (χ1n) is 4.25. The van der Waals surface area contributed by atoms with Gasteiger partial charge in [-0.15, -0.1) is 11.3 Å². The van der Waals surface area contributed by atoms with Crippen molar-refractivity contribution in [2.75, 3.05) is 0 Å². The molecule has 0 aliphatic heterocycles. The lowest BCUT2D eigenvalue weighted by Gasteiger charge is -1.87. The van der Waals surface area contributed by atoms with Crippen LogP contribution in [0.15, 0.2) is 28.5 Å². The molecule has 0 amide bonds. The molecule has 0 N–H and O–H groups in total. The average molecular weight is 402 g/mol. The number of halogens is 4. The van der Waals surface area contributed by atoms with E-state index in [0.717, 1.165) is 21.4 Å². The zero-order valence-corrected chi connectivity index (χ0v) is 14.2. The number of hydrogen-bond acceptors (Lipinski definition) is 5. The van der Waals surface area contributed by atoms with Gasteiger partial charge in [0.2, 0.25) is 0 Å². The Hall–Kier alpha value is 0.240. The summed E-state index contributed by atoms with van der Waals surface area (Å²) in [6, 6.07) is 6.71. The Kier molecular flexibility index (Phi) is 5.77. The lowest BCUT2D eigenvalue weighted by atomic mass is 10.3. The third kappa shape index (κ3) is 6.48. The van der Waals surface area contributed by atoms with Crippen molar-refractivity contribution in [1.29, 1.82) is 0 Å². The average Bonchev–Trinajstić information content (AvgIpc) is 2.56. The van der Waals surface area contributed by atoms with Crippen LogP contribution in [0.25, 0.3) is 10.1 Å². The van der Waals surface area contributed by atoms with Gasteiger partial charge in [0.1, 0.15) is 4.21 Å². The number of thiophene rings is 1. The van der Waals surface area contributed by atoms with E-state index in [-0.39, 0.29) is 4.21 Å². The van der Waals surface area contributed by atoms with E-state index in [2.05, 4.69) is 21.4 Å². The molecule has 11 heteroatoms. The van der Waals surface area contributed by atoms with Gasteiger partial charge in [0.15, 0.2) is 0 Å². The SMILES string of the molecule is O=S(=O)(Cl)Cl.O=S(=O)(Cl)c1cc2cc(Cl)ccc2s1. The third-order valence-electron chi connectivity index (χ3n) is 1.70. The summed E-state index contributed by atoms with van der Waals surface area (Å²) in [6.45, 7) is 0. The molecule has 2 rings (SSSR count). The molecule has 0 radical (unpaired) electrons. The van der Waals surface area contributed by atoms with Crippen LogP contribution >= 0.6 is 55.0 Å². The van der Waals surface area contributed by atoms with E-state index in [9.17, 15) is 8.42 Å². The van der Waals surface area contributed by atoms with Crippen molar-refractivity contribution in [2.24, 2.45) is 0 Å². The molecule has 0 fully saturated rings. The number of fused-ring (bicyclic) bond motifs is 1. The predicted molar refractivity (Wildman–Crippen MR) is 80.5 cm³/mol. The van der Waals surface area contributed by atoms with Crippen molar-refractivity contribution in [3.05, 3.63) is 29.3 Å². The first-order chi connectivity index (χ1) is 8.47. The van der Waals surface area contributed by atoms with Gasteiger partial charge in [0, 0.05) is 41.8 Å². The predicted octanol–water partition coefficient (Wildman–Crippen LogP) is 4.19. The molecular weight excluding hydrogens is 398 g/mol. The first-order valence-corrected chi connectivity index (χ1v) is 10.9. The van der Waals surface area contributed by atoms with Crippen LogP contribution in [0, 0.1) is 0 Å². The van der Waals surface area contributed by atoms with Crippen molar-refractivity contribution in [3.8, 4) is 0 Å². The van der Waals surface area contributed by atoms with Crippen LogP contribution in [0.2, 0.25) is 5.02 Å². The minimum absolute atomic E-state index is 0.149. The van der Waals surface area contributed by atoms with E-state index in [1.807, 2.05) is 0 Å². The summed E-state index contributed by atoms with van der Waals surface area (Å²) in [4.78, 5) is 0. The van der Waals surface area contributed by atoms with Crippen LogP contribution in [0.3, 0.4) is 0 Å². The number of rotatable bonds is 1. The minimum atomic E-state index is -3.72. The smallest absolute Gasteiger partial charge is 0.206 e. The molecule has 0 aliphatic rings. The van der Waals surface area contributed by atoms with Crippen molar-refractivity contribution < 1.29 is 16.8 Å². The second-order valence-electron chi connectivity index (χ2n) is 3.06. The van der Waals surface area contributed by atoms with Crippen LogP contribution in [-0.4, -0.2) is 16.8 Å². The van der Waals surface area contributed by atoms with Gasteiger partial charge < -0.3 is 0 Å². The molecule has 0 atom stereocenters. The van der Waals surface area contributed by atoms with Crippen molar-refractivity contribution in [1.82, 2.24) is 0 Å². The van der Waals surface area contributed by atoms with E-state index in [4.69, 9.17) is 30.7 Å². The maximum atomic E-state index is 11.0. The van der Waals surface area contributed by atoms with E-state index >= 15 is 0 Å². The fourth-order valence-corrected chi connectivity index (χ4v) is 3.42. The molecule has 0 spiro atoms. The lowest BCUT2D eigenvalue weighted by Crippen LogP contribution is -1.83. The van der Waals surface area contributed by atoms with Crippen LogP contribution in [0.4, 0.5) is 0 Å². The highest BCUT2D eigenvalue weighted by atomic mass is 36.0. The second-order valence-corrected chi connectivity index (χ2v) is 11.0. The molecule has 0 unspecified atom stereocenters. The van der Waals surface area contributed by atoms with Gasteiger partial charge in [-0.25, -0.2) is 8.42 Å². The Morgan fingerprint density at radius 3 is 1.95 bits per heavy atom. The Morgan fingerprint density at radius 2 is 1.47 bits per heavy atom. The van der Waals surface area contributed by atoms with Gasteiger partial charge in [-0.2, -0.15) is 8.42 Å². The largest absolute Gasteiger partial charge is 0.317 e. The highest BCUT2D eigenvalue weighted by molar-refractivity contribution is 8.31. The van der Waals surface area contributed by atoms with Crippen LogP contribution in [0.5, 0.6) is 0 Å². The molecule has 0 saturated heterocycles. The van der Waals surface area contributed by atoms with E-state index in [1.54, 1.807) is 18.2 Å². The van der Waals surface area contributed by atoms with Crippen LogP contribution in [-0.2, 0) is 17.3 Å². The van der Waals surface area contributed by atoms with E-state index in [1.165, 1.54) is 6.07 Å². The van der Waals surface area contributed by atoms with E-state index < -0.39 is 17.3 Å². The molecule has 106 valence electrons. The molecule has 1 aromatic heterocycles. The quantitative estimate of drug-likeness (QED) is 0.671. The van der Waals surface area contributed by atoms with Crippen molar-refractivity contribution in [3.63, 3.8) is 0 Å². The Balaban J connectivity index is 0.000000312. The summed E-state index contributed by atoms with van der Waals surface area (Å²) in [5.41, 5.74) is 0. The Morgan fingerprint density at radius 1 is 0.947 bits per heavy atom. The second kappa shape index (κ2) is 6.34. The van der Waals surface area contributed by atoms with Gasteiger partial charge in [-0.1, -0.05) is 11.6 Å². The van der Waals surface area contributed by atoms with Crippen molar-refractivity contribution >= 4 is 82.4 Å². The molecule has 4 nitrogen and oxygen atoms in total. The van der Waals surface area contributed by atoms with Crippen LogP contribution < -0.4 is 0 Å². The molecule has 0 bridgehead atoms. The summed E-state index contributed by atoms with van der Waals surface area (Å²) >= 11 is 6.90. The molecule has 2 aromatic rings. The molecule has 1 aromatic carbocycles. The van der Waals surface area contributed by atoms with Gasteiger partial charge >= 0.3 is 8.26 Å². The Bertz CT molecular complexity index is 787. The number of benzene rings is 1. The molecule has 19 heavy (non-hydrogen) atoms. The summed E-state index contributed by atoms with van der Waals surface area (Å²) < 4.78 is 41.4. The van der Waals surface area contributed by atoms with Gasteiger partial charge in [-0.05, 0) is 29.7 Å². The van der Waals surface area contributed by atoms with E-state index in [0.29, 0.717) is 5.02 Å². The fraction of sp³-hybridized carbons (Fsp3) is 0. The molecule has 0 saturated carbocycles. The van der Waals surface area contributed by atoms with Crippen LogP contribution in [0.1, 0.15) is 0 Å². The van der Waals surface area contributed by atoms with Crippen molar-refractivity contribution in [2.45, 2.75) is 4.21 Å². The summed E-state index contributed by atoms with van der Waals surface area (Å²) in [5, 5.41) is 1.37. The maximum Gasteiger partial charge on any atom is 0.317 e. The Labute approximate surface area is 132 Å². The molecular formula is C8H4Cl4O4S3. The topological polar surface area (TPSA) is 68.3 Å². The molecule has 0 aliphatic carbocycles. The maximum absolute atomic E-state index is 11.0. The standard InChI is InChI=1S/C8H4Cl2O2S2.Cl2O2S/c9-6-1-2-7-5(3-6)4-8(13-7)14(10,11)12;1-5(2,3)4/h1-4H;. The monoisotopic (exact) mass is 400 g/mol. The van der Waals surface area contributed by atoms with Gasteiger partial charge in [-0.3, -0.25) is 0 Å². The lowest BCUT2D eigenvalue weighted by molar-refractivity contribution is 0.611. The zero-order chi connectivity index (χ0) is 14.8. The first kappa shape index (κ1) is 17.3. The highest BCUT2D eigenvalue weighted by Gasteiger charge is 2.13.